The largest absolute Gasteiger partial charge is 0.397 e. The molecule has 1 aromatic rings. The average Bonchev–Trinajstić information content (AvgIpc) is 2.64. The molecule has 4 nitrogen and oxygen atoms in total. The first-order chi connectivity index (χ1) is 7.58. The molecule has 16 heavy (non-hydrogen) atoms. The molecule has 4 N–H and O–H groups in total. The lowest BCUT2D eigenvalue weighted by atomic mass is 10.1. The number of rotatable bonds is 2. The quantitative estimate of drug-likeness (QED) is 0.734. The van der Waals surface area contributed by atoms with E-state index >= 15 is 0 Å². The molecule has 1 unspecified atom stereocenters. The minimum Gasteiger partial charge on any atom is -0.397 e. The SMILES string of the molecule is CC1CCN(c2ccc(C(N)=O)cc2N)C1. The zero-order chi connectivity index (χ0) is 11.7. The van der Waals surface area contributed by atoms with Gasteiger partial charge in [-0.15, -0.1) is 0 Å². The van der Waals surface area contributed by atoms with Gasteiger partial charge in [-0.1, -0.05) is 6.92 Å². The van der Waals surface area contributed by atoms with Crippen LogP contribution in [0, 0.1) is 5.92 Å². The molecule has 1 atom stereocenters. The Labute approximate surface area is 95.2 Å². The van der Waals surface area contributed by atoms with E-state index in [1.807, 2.05) is 6.07 Å². The highest BCUT2D eigenvalue weighted by molar-refractivity contribution is 5.94. The number of primary amides is 1. The lowest BCUT2D eigenvalue weighted by molar-refractivity contribution is 0.100. The fourth-order valence-corrected chi connectivity index (χ4v) is 2.15. The van der Waals surface area contributed by atoms with Crippen molar-refractivity contribution in [2.75, 3.05) is 23.7 Å². The summed E-state index contributed by atoms with van der Waals surface area (Å²) in [6, 6.07) is 5.27. The van der Waals surface area contributed by atoms with Crippen molar-refractivity contribution in [3.8, 4) is 0 Å². The van der Waals surface area contributed by atoms with Gasteiger partial charge in [0.05, 0.1) is 11.4 Å². The Bertz CT molecular complexity index is 417. The zero-order valence-electron chi connectivity index (χ0n) is 9.44. The van der Waals surface area contributed by atoms with Crippen molar-refractivity contribution in [3.63, 3.8) is 0 Å². The van der Waals surface area contributed by atoms with Crippen LogP contribution in [0.15, 0.2) is 18.2 Å². The van der Waals surface area contributed by atoms with Gasteiger partial charge < -0.3 is 16.4 Å². The molecule has 1 amide bonds. The van der Waals surface area contributed by atoms with Crippen LogP contribution in [-0.4, -0.2) is 19.0 Å². The Morgan fingerprint density at radius 3 is 2.75 bits per heavy atom. The van der Waals surface area contributed by atoms with Crippen LogP contribution in [0.5, 0.6) is 0 Å². The highest BCUT2D eigenvalue weighted by Gasteiger charge is 2.20. The van der Waals surface area contributed by atoms with Crippen molar-refractivity contribution >= 4 is 17.3 Å². The predicted molar refractivity (Wildman–Crippen MR) is 65.4 cm³/mol. The topological polar surface area (TPSA) is 72.3 Å². The van der Waals surface area contributed by atoms with E-state index in [1.165, 1.54) is 6.42 Å². The Morgan fingerprint density at radius 1 is 1.50 bits per heavy atom. The Hall–Kier alpha value is -1.71. The summed E-state index contributed by atoms with van der Waals surface area (Å²) in [5, 5.41) is 0. The second-order valence-corrected chi connectivity index (χ2v) is 4.48. The van der Waals surface area contributed by atoms with Crippen molar-refractivity contribution < 1.29 is 4.79 Å². The molecule has 1 aliphatic rings. The molecule has 86 valence electrons. The van der Waals surface area contributed by atoms with E-state index in [0.717, 1.165) is 18.8 Å². The van der Waals surface area contributed by atoms with Gasteiger partial charge in [-0.2, -0.15) is 0 Å². The van der Waals surface area contributed by atoms with Crippen molar-refractivity contribution in [2.24, 2.45) is 11.7 Å². The number of nitrogens with two attached hydrogens (primary N) is 2. The molecular weight excluding hydrogens is 202 g/mol. The minimum atomic E-state index is -0.437. The van der Waals surface area contributed by atoms with Crippen LogP contribution in [0.3, 0.4) is 0 Å². The Kier molecular flexibility index (Phi) is 2.73. The standard InChI is InChI=1S/C12H17N3O/c1-8-4-5-15(7-8)11-3-2-9(12(14)16)6-10(11)13/h2-3,6,8H,4-5,7,13H2,1H3,(H2,14,16). The lowest BCUT2D eigenvalue weighted by Gasteiger charge is -2.20. The highest BCUT2D eigenvalue weighted by Crippen LogP contribution is 2.29. The van der Waals surface area contributed by atoms with Gasteiger partial charge in [0.2, 0.25) is 5.91 Å². The Balaban J connectivity index is 2.26. The molecule has 4 heteroatoms. The smallest absolute Gasteiger partial charge is 0.248 e. The molecule has 0 aliphatic carbocycles. The van der Waals surface area contributed by atoms with Gasteiger partial charge in [-0.3, -0.25) is 4.79 Å². The molecule has 1 saturated heterocycles. The summed E-state index contributed by atoms with van der Waals surface area (Å²) in [7, 11) is 0. The minimum absolute atomic E-state index is 0.437. The maximum atomic E-state index is 11.0. The number of carbonyl (C=O) groups is 1. The summed E-state index contributed by atoms with van der Waals surface area (Å²) in [6.07, 6.45) is 1.19. The number of nitrogen functional groups attached to an aromatic ring is 1. The van der Waals surface area contributed by atoms with Crippen molar-refractivity contribution in [1.82, 2.24) is 0 Å². The molecule has 0 spiro atoms. The molecule has 1 aromatic carbocycles. The third kappa shape index (κ3) is 1.96. The van der Waals surface area contributed by atoms with E-state index in [-0.39, 0.29) is 0 Å². The summed E-state index contributed by atoms with van der Waals surface area (Å²) in [4.78, 5) is 13.2. The van der Waals surface area contributed by atoms with Gasteiger partial charge in [-0.25, -0.2) is 0 Å². The van der Waals surface area contributed by atoms with Crippen LogP contribution in [0.2, 0.25) is 0 Å². The highest BCUT2D eigenvalue weighted by atomic mass is 16.1. The van der Waals surface area contributed by atoms with Crippen LogP contribution in [0.4, 0.5) is 11.4 Å². The number of hydrogen-bond donors (Lipinski definition) is 2. The van der Waals surface area contributed by atoms with Gasteiger partial charge in [0.15, 0.2) is 0 Å². The molecule has 1 aliphatic heterocycles. The van der Waals surface area contributed by atoms with Crippen molar-refractivity contribution in [3.05, 3.63) is 23.8 Å². The third-order valence-electron chi connectivity index (χ3n) is 3.08. The normalized spacial score (nSPS) is 20.1. The van der Waals surface area contributed by atoms with Gasteiger partial charge in [-0.05, 0) is 30.5 Å². The zero-order valence-corrected chi connectivity index (χ0v) is 9.44. The second-order valence-electron chi connectivity index (χ2n) is 4.48. The third-order valence-corrected chi connectivity index (χ3v) is 3.08. The molecule has 0 saturated carbocycles. The van der Waals surface area contributed by atoms with Gasteiger partial charge >= 0.3 is 0 Å². The van der Waals surface area contributed by atoms with Crippen molar-refractivity contribution in [1.29, 1.82) is 0 Å². The monoisotopic (exact) mass is 219 g/mol. The van der Waals surface area contributed by atoms with Gasteiger partial charge in [0.25, 0.3) is 0 Å². The maximum absolute atomic E-state index is 11.0. The van der Waals surface area contributed by atoms with E-state index in [4.69, 9.17) is 11.5 Å². The Morgan fingerprint density at radius 2 is 2.25 bits per heavy atom. The number of carbonyl (C=O) groups excluding carboxylic acids is 1. The molecule has 1 fully saturated rings. The summed E-state index contributed by atoms with van der Waals surface area (Å²) in [5.74, 6) is 0.267. The summed E-state index contributed by atoms with van der Waals surface area (Å²) < 4.78 is 0. The molecular formula is C12H17N3O. The van der Waals surface area contributed by atoms with Crippen LogP contribution in [0.1, 0.15) is 23.7 Å². The van der Waals surface area contributed by atoms with Gasteiger partial charge in [0.1, 0.15) is 0 Å². The van der Waals surface area contributed by atoms with E-state index < -0.39 is 5.91 Å². The molecule has 0 aromatic heterocycles. The lowest BCUT2D eigenvalue weighted by Crippen LogP contribution is -2.21. The van der Waals surface area contributed by atoms with E-state index in [2.05, 4.69) is 11.8 Å². The fraction of sp³-hybridized carbons (Fsp3) is 0.417. The first-order valence-corrected chi connectivity index (χ1v) is 5.52. The average molecular weight is 219 g/mol. The first kappa shape index (κ1) is 10.8. The molecule has 1 heterocycles. The van der Waals surface area contributed by atoms with E-state index in [0.29, 0.717) is 17.2 Å². The first-order valence-electron chi connectivity index (χ1n) is 5.52. The molecule has 0 radical (unpaired) electrons. The number of nitrogens with zero attached hydrogens (tertiary/aromatic N) is 1. The second kappa shape index (κ2) is 4.04. The summed E-state index contributed by atoms with van der Waals surface area (Å²) >= 11 is 0. The fourth-order valence-electron chi connectivity index (χ4n) is 2.15. The van der Waals surface area contributed by atoms with E-state index in [1.54, 1.807) is 12.1 Å². The number of hydrogen-bond acceptors (Lipinski definition) is 3. The number of amides is 1. The van der Waals surface area contributed by atoms with Crippen LogP contribution < -0.4 is 16.4 Å². The summed E-state index contributed by atoms with van der Waals surface area (Å²) in [6.45, 7) is 4.29. The number of benzene rings is 1. The van der Waals surface area contributed by atoms with E-state index in [9.17, 15) is 4.79 Å². The van der Waals surface area contributed by atoms with Crippen LogP contribution in [-0.2, 0) is 0 Å². The molecule has 2 rings (SSSR count). The number of anilines is 2. The van der Waals surface area contributed by atoms with Crippen LogP contribution >= 0.6 is 0 Å². The van der Waals surface area contributed by atoms with Gasteiger partial charge in [0, 0.05) is 18.7 Å². The predicted octanol–water partition coefficient (Wildman–Crippen LogP) is 1.21. The van der Waals surface area contributed by atoms with Crippen molar-refractivity contribution in [2.45, 2.75) is 13.3 Å². The van der Waals surface area contributed by atoms with Crippen LogP contribution in [0.25, 0.3) is 0 Å². The molecule has 0 bridgehead atoms. The maximum Gasteiger partial charge on any atom is 0.248 e. The summed E-state index contributed by atoms with van der Waals surface area (Å²) in [5.41, 5.74) is 13.2.